The highest BCUT2D eigenvalue weighted by Crippen LogP contribution is 2.37. The Bertz CT molecular complexity index is 815. The molecule has 0 unspecified atom stereocenters. The summed E-state index contributed by atoms with van der Waals surface area (Å²) in [6.45, 7) is 4.74. The second-order valence-corrected chi connectivity index (χ2v) is 4.99. The monoisotopic (exact) mass is 282 g/mol. The Kier molecular flexibility index (Phi) is 3.15. The molecule has 0 amide bonds. The van der Waals surface area contributed by atoms with E-state index in [-0.39, 0.29) is 11.1 Å². The Morgan fingerprint density at radius 2 is 1.76 bits per heavy atom. The third-order valence-corrected chi connectivity index (χ3v) is 3.46. The van der Waals surface area contributed by atoms with Gasteiger partial charge in [0.2, 0.25) is 0 Å². The molecule has 106 valence electrons. The number of nitriles is 1. The molecule has 1 aliphatic rings. The lowest BCUT2D eigenvalue weighted by molar-refractivity contribution is 0.171. The predicted molar refractivity (Wildman–Crippen MR) is 77.7 cm³/mol. The fourth-order valence-electron chi connectivity index (χ4n) is 2.49. The number of H-pyrrole nitrogens is 1. The van der Waals surface area contributed by atoms with Gasteiger partial charge in [-0.3, -0.25) is 4.79 Å². The number of hydrogen-bond acceptors (Lipinski definition) is 4. The van der Waals surface area contributed by atoms with Gasteiger partial charge in [-0.1, -0.05) is 0 Å². The summed E-state index contributed by atoms with van der Waals surface area (Å²) in [5.41, 5.74) is 2.81. The minimum Gasteiger partial charge on any atom is -0.486 e. The molecular formula is C16H14N2O3. The molecule has 1 N–H and O–H groups in total. The molecule has 1 aromatic heterocycles. The van der Waals surface area contributed by atoms with Crippen molar-refractivity contribution in [3.05, 3.63) is 45.4 Å². The molecule has 2 heterocycles. The Hall–Kier alpha value is -2.74. The first-order valence-electron chi connectivity index (χ1n) is 6.65. The van der Waals surface area contributed by atoms with Crippen LogP contribution in [0.15, 0.2) is 23.0 Å². The number of aryl methyl sites for hydroxylation is 2. The number of aromatic amines is 1. The molecule has 0 saturated carbocycles. The van der Waals surface area contributed by atoms with Gasteiger partial charge in [0.05, 0.1) is 0 Å². The van der Waals surface area contributed by atoms with Crippen LogP contribution in [-0.2, 0) is 0 Å². The zero-order chi connectivity index (χ0) is 15.0. The molecule has 2 aromatic rings. The van der Waals surface area contributed by atoms with Crippen LogP contribution in [0.1, 0.15) is 16.8 Å². The van der Waals surface area contributed by atoms with Gasteiger partial charge in [0.1, 0.15) is 24.8 Å². The molecular weight excluding hydrogens is 268 g/mol. The summed E-state index contributed by atoms with van der Waals surface area (Å²) in [6, 6.07) is 7.49. The summed E-state index contributed by atoms with van der Waals surface area (Å²) in [5, 5.41) is 9.25. The summed E-state index contributed by atoms with van der Waals surface area (Å²) in [7, 11) is 0. The lowest BCUT2D eigenvalue weighted by atomic mass is 9.96. The SMILES string of the molecule is Cc1cc(-c2cc3c(cc2C)OCCO3)c(C#N)c(=O)[nH]1. The third kappa shape index (κ3) is 2.25. The first kappa shape index (κ1) is 13.3. The zero-order valence-electron chi connectivity index (χ0n) is 11.8. The molecule has 5 nitrogen and oxygen atoms in total. The van der Waals surface area contributed by atoms with Crippen molar-refractivity contribution in [2.24, 2.45) is 0 Å². The van der Waals surface area contributed by atoms with Crippen molar-refractivity contribution in [1.29, 1.82) is 5.26 Å². The average molecular weight is 282 g/mol. The quantitative estimate of drug-likeness (QED) is 0.870. The molecule has 1 aliphatic heterocycles. The summed E-state index contributed by atoms with van der Waals surface area (Å²) < 4.78 is 11.1. The molecule has 0 spiro atoms. The topological polar surface area (TPSA) is 75.1 Å². The normalized spacial score (nSPS) is 12.8. The van der Waals surface area contributed by atoms with Crippen LogP contribution in [0.4, 0.5) is 0 Å². The molecule has 0 radical (unpaired) electrons. The van der Waals surface area contributed by atoms with Crippen molar-refractivity contribution in [3.63, 3.8) is 0 Å². The van der Waals surface area contributed by atoms with Crippen molar-refractivity contribution in [2.75, 3.05) is 13.2 Å². The van der Waals surface area contributed by atoms with E-state index in [1.54, 1.807) is 13.0 Å². The Labute approximate surface area is 121 Å². The van der Waals surface area contributed by atoms with Gasteiger partial charge < -0.3 is 14.5 Å². The third-order valence-electron chi connectivity index (χ3n) is 3.46. The molecule has 0 saturated heterocycles. The number of nitrogens with zero attached hydrogens (tertiary/aromatic N) is 1. The highest BCUT2D eigenvalue weighted by Gasteiger charge is 2.18. The lowest BCUT2D eigenvalue weighted by Crippen LogP contribution is -2.16. The average Bonchev–Trinajstić information content (AvgIpc) is 2.45. The smallest absolute Gasteiger partial charge is 0.266 e. The van der Waals surface area contributed by atoms with Gasteiger partial charge in [-0.15, -0.1) is 0 Å². The van der Waals surface area contributed by atoms with Crippen LogP contribution in [0.5, 0.6) is 11.5 Å². The Morgan fingerprint density at radius 1 is 1.10 bits per heavy atom. The van der Waals surface area contributed by atoms with Crippen LogP contribution >= 0.6 is 0 Å². The van der Waals surface area contributed by atoms with Crippen LogP contribution in [0.2, 0.25) is 0 Å². The van der Waals surface area contributed by atoms with E-state index in [1.165, 1.54) is 0 Å². The maximum Gasteiger partial charge on any atom is 0.266 e. The molecule has 0 fully saturated rings. The number of hydrogen-bond donors (Lipinski definition) is 1. The predicted octanol–water partition coefficient (Wildman–Crippen LogP) is 2.30. The lowest BCUT2D eigenvalue weighted by Gasteiger charge is -2.20. The van der Waals surface area contributed by atoms with E-state index in [1.807, 2.05) is 25.1 Å². The van der Waals surface area contributed by atoms with Crippen molar-refractivity contribution >= 4 is 0 Å². The number of aromatic nitrogens is 1. The number of ether oxygens (including phenoxy) is 2. The van der Waals surface area contributed by atoms with Crippen LogP contribution in [0.3, 0.4) is 0 Å². The number of benzene rings is 1. The van der Waals surface area contributed by atoms with E-state index in [4.69, 9.17) is 9.47 Å². The molecule has 3 rings (SSSR count). The maximum absolute atomic E-state index is 11.9. The minimum atomic E-state index is -0.373. The van der Waals surface area contributed by atoms with Crippen LogP contribution in [-0.4, -0.2) is 18.2 Å². The van der Waals surface area contributed by atoms with Crippen molar-refractivity contribution in [2.45, 2.75) is 13.8 Å². The first-order chi connectivity index (χ1) is 10.1. The largest absolute Gasteiger partial charge is 0.486 e. The van der Waals surface area contributed by atoms with Gasteiger partial charge in [-0.2, -0.15) is 5.26 Å². The van der Waals surface area contributed by atoms with Gasteiger partial charge in [0, 0.05) is 11.3 Å². The molecule has 0 bridgehead atoms. The van der Waals surface area contributed by atoms with Gasteiger partial charge >= 0.3 is 0 Å². The highest BCUT2D eigenvalue weighted by molar-refractivity contribution is 5.75. The van der Waals surface area contributed by atoms with E-state index in [9.17, 15) is 10.1 Å². The van der Waals surface area contributed by atoms with Gasteiger partial charge in [-0.25, -0.2) is 0 Å². The number of rotatable bonds is 1. The first-order valence-corrected chi connectivity index (χ1v) is 6.65. The second-order valence-electron chi connectivity index (χ2n) is 4.99. The van der Waals surface area contributed by atoms with Crippen molar-refractivity contribution in [1.82, 2.24) is 4.98 Å². The Balaban J connectivity index is 2.26. The van der Waals surface area contributed by atoms with E-state index < -0.39 is 0 Å². The van der Waals surface area contributed by atoms with E-state index in [0.29, 0.717) is 36.0 Å². The van der Waals surface area contributed by atoms with Crippen LogP contribution in [0, 0.1) is 25.2 Å². The molecule has 5 heteroatoms. The van der Waals surface area contributed by atoms with E-state index in [2.05, 4.69) is 4.98 Å². The van der Waals surface area contributed by atoms with Gasteiger partial charge in [-0.05, 0) is 43.2 Å². The van der Waals surface area contributed by atoms with Gasteiger partial charge in [0.25, 0.3) is 5.56 Å². The molecule has 0 atom stereocenters. The van der Waals surface area contributed by atoms with Crippen molar-refractivity contribution < 1.29 is 9.47 Å². The fourth-order valence-corrected chi connectivity index (χ4v) is 2.49. The van der Waals surface area contributed by atoms with Crippen LogP contribution < -0.4 is 15.0 Å². The summed E-state index contributed by atoms with van der Waals surface area (Å²) >= 11 is 0. The van der Waals surface area contributed by atoms with Crippen molar-refractivity contribution in [3.8, 4) is 28.7 Å². The van der Waals surface area contributed by atoms with Crippen LogP contribution in [0.25, 0.3) is 11.1 Å². The van der Waals surface area contributed by atoms with E-state index >= 15 is 0 Å². The maximum atomic E-state index is 11.9. The summed E-state index contributed by atoms with van der Waals surface area (Å²) in [5.74, 6) is 1.34. The molecule has 21 heavy (non-hydrogen) atoms. The fraction of sp³-hybridized carbons (Fsp3) is 0.250. The summed E-state index contributed by atoms with van der Waals surface area (Å²) in [4.78, 5) is 14.6. The minimum absolute atomic E-state index is 0.111. The Morgan fingerprint density at radius 3 is 2.43 bits per heavy atom. The highest BCUT2D eigenvalue weighted by atomic mass is 16.6. The molecule has 0 aliphatic carbocycles. The standard InChI is InChI=1S/C16H14N2O3/c1-9-5-14-15(21-4-3-20-14)7-11(9)12-6-10(2)18-16(19)13(12)8-17/h5-7H,3-4H2,1-2H3,(H,18,19). The number of fused-ring (bicyclic) bond motifs is 1. The van der Waals surface area contributed by atoms with Gasteiger partial charge in [0.15, 0.2) is 11.5 Å². The zero-order valence-corrected chi connectivity index (χ0v) is 11.8. The summed E-state index contributed by atoms with van der Waals surface area (Å²) in [6.07, 6.45) is 0. The van der Waals surface area contributed by atoms with E-state index in [0.717, 1.165) is 11.1 Å². The second kappa shape index (κ2) is 4.98. The molecule has 1 aromatic carbocycles. The number of nitrogens with one attached hydrogen (secondary N) is 1. The number of pyridine rings is 1.